The van der Waals surface area contributed by atoms with Crippen molar-refractivity contribution in [2.45, 2.75) is 64.8 Å². The van der Waals surface area contributed by atoms with E-state index in [1.165, 1.54) is 0 Å². The van der Waals surface area contributed by atoms with Crippen molar-refractivity contribution < 1.29 is 14.3 Å². The molecule has 2 atom stereocenters. The SMILES string of the molecule is C=C(CCCC)[C@H]1O[C@@H]1C(=O)OC(C)(C)C. The van der Waals surface area contributed by atoms with Gasteiger partial charge in [0.1, 0.15) is 11.7 Å². The van der Waals surface area contributed by atoms with Gasteiger partial charge in [0.15, 0.2) is 6.10 Å². The van der Waals surface area contributed by atoms with E-state index < -0.39 is 11.7 Å². The molecule has 0 aromatic carbocycles. The summed E-state index contributed by atoms with van der Waals surface area (Å²) in [4.78, 5) is 11.6. The van der Waals surface area contributed by atoms with E-state index in [2.05, 4.69) is 13.5 Å². The van der Waals surface area contributed by atoms with Crippen LogP contribution >= 0.6 is 0 Å². The number of epoxide rings is 1. The lowest BCUT2D eigenvalue weighted by Crippen LogP contribution is -2.27. The van der Waals surface area contributed by atoms with Gasteiger partial charge in [-0.1, -0.05) is 19.9 Å². The van der Waals surface area contributed by atoms with Crippen molar-refractivity contribution >= 4 is 5.97 Å². The van der Waals surface area contributed by atoms with Crippen LogP contribution in [0.1, 0.15) is 47.0 Å². The first kappa shape index (κ1) is 13.2. The molecule has 1 aliphatic rings. The Kier molecular flexibility index (Phi) is 4.14. The molecule has 0 aromatic heterocycles. The Bertz CT molecular complexity index is 275. The summed E-state index contributed by atoms with van der Waals surface area (Å²) in [6, 6.07) is 0. The average Bonchev–Trinajstić information content (AvgIpc) is 2.90. The van der Waals surface area contributed by atoms with Crippen LogP contribution in [-0.4, -0.2) is 23.8 Å². The zero-order chi connectivity index (χ0) is 12.3. The lowest BCUT2D eigenvalue weighted by Gasteiger charge is -2.18. The molecule has 0 aliphatic carbocycles. The predicted octanol–water partition coefficient (Wildman–Crippen LogP) is 2.84. The van der Waals surface area contributed by atoms with Crippen LogP contribution in [-0.2, 0) is 14.3 Å². The average molecular weight is 226 g/mol. The molecule has 92 valence electrons. The molecular weight excluding hydrogens is 204 g/mol. The molecule has 0 amide bonds. The molecule has 0 bridgehead atoms. The molecule has 3 nitrogen and oxygen atoms in total. The zero-order valence-electron chi connectivity index (χ0n) is 10.7. The molecule has 1 heterocycles. The van der Waals surface area contributed by atoms with E-state index in [4.69, 9.17) is 9.47 Å². The van der Waals surface area contributed by atoms with Gasteiger partial charge in [-0.2, -0.15) is 0 Å². The van der Waals surface area contributed by atoms with Crippen LogP contribution in [0, 0.1) is 0 Å². The number of carbonyl (C=O) groups is 1. The summed E-state index contributed by atoms with van der Waals surface area (Å²) in [7, 11) is 0. The van der Waals surface area contributed by atoms with Crippen molar-refractivity contribution in [3.05, 3.63) is 12.2 Å². The van der Waals surface area contributed by atoms with Gasteiger partial charge in [-0.15, -0.1) is 0 Å². The summed E-state index contributed by atoms with van der Waals surface area (Å²) in [5.74, 6) is -0.268. The first-order valence-electron chi connectivity index (χ1n) is 5.91. The maximum absolute atomic E-state index is 11.6. The quantitative estimate of drug-likeness (QED) is 0.411. The molecule has 0 N–H and O–H groups in total. The highest BCUT2D eigenvalue weighted by Gasteiger charge is 2.48. The van der Waals surface area contributed by atoms with Gasteiger partial charge in [-0.05, 0) is 39.2 Å². The number of hydrogen-bond donors (Lipinski definition) is 0. The molecular formula is C13H22O3. The number of esters is 1. The summed E-state index contributed by atoms with van der Waals surface area (Å²) in [6.07, 6.45) is 2.63. The predicted molar refractivity (Wildman–Crippen MR) is 63.2 cm³/mol. The molecule has 1 fully saturated rings. The molecule has 0 spiro atoms. The first-order valence-corrected chi connectivity index (χ1v) is 5.91. The molecule has 3 heteroatoms. The standard InChI is InChI=1S/C13H22O3/c1-6-7-8-9(2)10-11(15-10)12(14)16-13(3,4)5/h10-11H,2,6-8H2,1,3-5H3/t10-,11+/m1/s1. The molecule has 0 aromatic rings. The Morgan fingerprint density at radius 3 is 2.50 bits per heavy atom. The molecule has 1 aliphatic heterocycles. The van der Waals surface area contributed by atoms with Crippen LogP contribution < -0.4 is 0 Å². The minimum absolute atomic E-state index is 0.110. The topological polar surface area (TPSA) is 38.8 Å². The molecule has 1 rings (SSSR count). The fraction of sp³-hybridized carbons (Fsp3) is 0.769. The minimum atomic E-state index is -0.446. The number of carbonyl (C=O) groups excluding carboxylic acids is 1. The van der Waals surface area contributed by atoms with Gasteiger partial charge in [0.2, 0.25) is 0 Å². The second kappa shape index (κ2) is 5.00. The number of hydrogen-bond acceptors (Lipinski definition) is 3. The van der Waals surface area contributed by atoms with Gasteiger partial charge < -0.3 is 9.47 Å². The van der Waals surface area contributed by atoms with E-state index in [-0.39, 0.29) is 12.1 Å². The lowest BCUT2D eigenvalue weighted by atomic mass is 10.1. The molecule has 16 heavy (non-hydrogen) atoms. The fourth-order valence-electron chi connectivity index (χ4n) is 1.51. The van der Waals surface area contributed by atoms with Crippen molar-refractivity contribution in [3.63, 3.8) is 0 Å². The van der Waals surface area contributed by atoms with Crippen molar-refractivity contribution in [1.29, 1.82) is 0 Å². The van der Waals surface area contributed by atoms with Crippen LogP contribution in [0.4, 0.5) is 0 Å². The fourth-order valence-corrected chi connectivity index (χ4v) is 1.51. The highest BCUT2D eigenvalue weighted by Crippen LogP contribution is 2.32. The van der Waals surface area contributed by atoms with Crippen LogP contribution in [0.25, 0.3) is 0 Å². The molecule has 0 radical (unpaired) electrons. The van der Waals surface area contributed by atoms with Crippen molar-refractivity contribution in [2.24, 2.45) is 0 Å². The third-order valence-electron chi connectivity index (χ3n) is 2.38. The van der Waals surface area contributed by atoms with Crippen molar-refractivity contribution in [1.82, 2.24) is 0 Å². The van der Waals surface area contributed by atoms with Crippen LogP contribution in [0.15, 0.2) is 12.2 Å². The normalized spacial score (nSPS) is 24.0. The summed E-state index contributed by atoms with van der Waals surface area (Å²) in [5, 5.41) is 0. The van der Waals surface area contributed by atoms with Gasteiger partial charge in [-0.25, -0.2) is 4.79 Å². The second-order valence-corrected chi connectivity index (χ2v) is 5.27. The van der Waals surface area contributed by atoms with Crippen molar-refractivity contribution in [3.8, 4) is 0 Å². The van der Waals surface area contributed by atoms with Crippen LogP contribution in [0.5, 0.6) is 0 Å². The van der Waals surface area contributed by atoms with Gasteiger partial charge in [-0.3, -0.25) is 0 Å². The van der Waals surface area contributed by atoms with Gasteiger partial charge in [0.05, 0.1) is 0 Å². The Balaban J connectivity index is 2.33. The number of unbranched alkanes of at least 4 members (excludes halogenated alkanes) is 1. The van der Waals surface area contributed by atoms with E-state index in [0.29, 0.717) is 0 Å². The van der Waals surface area contributed by atoms with Crippen LogP contribution in [0.3, 0.4) is 0 Å². The highest BCUT2D eigenvalue weighted by molar-refractivity contribution is 5.79. The van der Waals surface area contributed by atoms with Gasteiger partial charge in [0, 0.05) is 0 Å². The van der Waals surface area contributed by atoms with Gasteiger partial charge >= 0.3 is 5.97 Å². The highest BCUT2D eigenvalue weighted by atomic mass is 16.6. The van der Waals surface area contributed by atoms with Gasteiger partial charge in [0.25, 0.3) is 0 Å². The molecule has 0 unspecified atom stereocenters. The molecule has 1 saturated heterocycles. The Labute approximate surface area is 97.8 Å². The second-order valence-electron chi connectivity index (χ2n) is 5.27. The molecule has 0 saturated carbocycles. The Morgan fingerprint density at radius 2 is 2.00 bits per heavy atom. The Hall–Kier alpha value is -0.830. The van der Waals surface area contributed by atoms with E-state index in [9.17, 15) is 4.79 Å². The zero-order valence-corrected chi connectivity index (χ0v) is 10.7. The summed E-state index contributed by atoms with van der Waals surface area (Å²) >= 11 is 0. The smallest absolute Gasteiger partial charge is 0.338 e. The first-order chi connectivity index (χ1) is 7.35. The summed E-state index contributed by atoms with van der Waals surface area (Å²) in [6.45, 7) is 11.6. The minimum Gasteiger partial charge on any atom is -0.458 e. The Morgan fingerprint density at radius 1 is 1.38 bits per heavy atom. The van der Waals surface area contributed by atoms with E-state index in [1.54, 1.807) is 0 Å². The summed E-state index contributed by atoms with van der Waals surface area (Å²) < 4.78 is 10.6. The number of ether oxygens (including phenoxy) is 2. The maximum atomic E-state index is 11.6. The lowest BCUT2D eigenvalue weighted by molar-refractivity contribution is -0.156. The van der Waals surface area contributed by atoms with E-state index in [0.717, 1.165) is 24.8 Å². The van der Waals surface area contributed by atoms with E-state index in [1.807, 2.05) is 20.8 Å². The number of rotatable bonds is 5. The maximum Gasteiger partial charge on any atom is 0.338 e. The third kappa shape index (κ3) is 3.97. The monoisotopic (exact) mass is 226 g/mol. The van der Waals surface area contributed by atoms with Crippen LogP contribution in [0.2, 0.25) is 0 Å². The van der Waals surface area contributed by atoms with Crippen molar-refractivity contribution in [2.75, 3.05) is 0 Å². The largest absolute Gasteiger partial charge is 0.458 e. The third-order valence-corrected chi connectivity index (χ3v) is 2.38. The van der Waals surface area contributed by atoms with E-state index >= 15 is 0 Å². The summed E-state index contributed by atoms with van der Waals surface area (Å²) in [5.41, 5.74) is 0.566.